The van der Waals surface area contributed by atoms with Crippen LogP contribution >= 0.6 is 23.6 Å². The van der Waals surface area contributed by atoms with Crippen LogP contribution in [-0.4, -0.2) is 4.99 Å². The molecule has 0 aliphatic heterocycles. The van der Waals surface area contributed by atoms with E-state index in [-0.39, 0.29) is 0 Å². The molecular weight excluding hydrogens is 248 g/mol. The number of hydrogen-bond acceptors (Lipinski definition) is 3. The molecule has 2 nitrogen and oxygen atoms in total. The zero-order valence-corrected chi connectivity index (χ0v) is 11.2. The number of benzene rings is 1. The zero-order chi connectivity index (χ0) is 12.3. The van der Waals surface area contributed by atoms with E-state index in [4.69, 9.17) is 18.0 Å². The Morgan fingerprint density at radius 2 is 1.94 bits per heavy atom. The minimum Gasteiger partial charge on any atom is -0.389 e. The largest absolute Gasteiger partial charge is 0.389 e. The number of anilines is 1. The van der Waals surface area contributed by atoms with Crippen LogP contribution in [-0.2, 0) is 6.54 Å². The first-order chi connectivity index (χ1) is 8.15. The Morgan fingerprint density at radius 3 is 2.47 bits per heavy atom. The summed E-state index contributed by atoms with van der Waals surface area (Å²) in [6, 6.07) is 12.1. The van der Waals surface area contributed by atoms with E-state index in [2.05, 4.69) is 24.4 Å². The van der Waals surface area contributed by atoms with Crippen LogP contribution in [0.25, 0.3) is 0 Å². The van der Waals surface area contributed by atoms with E-state index in [0.717, 1.165) is 17.8 Å². The van der Waals surface area contributed by atoms with Gasteiger partial charge in [0.25, 0.3) is 0 Å². The standard InChI is InChI=1S/C13H14N2S2/c1-9-2-7-12(17-9)8-15-11-5-3-10(4-6-11)13(14)16/h2-7,15H,8H2,1H3,(H2,14,16). The Balaban J connectivity index is 1.97. The van der Waals surface area contributed by atoms with Gasteiger partial charge in [-0.3, -0.25) is 0 Å². The van der Waals surface area contributed by atoms with Crippen LogP contribution in [0.3, 0.4) is 0 Å². The van der Waals surface area contributed by atoms with Crippen molar-refractivity contribution in [1.82, 2.24) is 0 Å². The number of thiocarbonyl (C=S) groups is 1. The van der Waals surface area contributed by atoms with Crippen molar-refractivity contribution in [1.29, 1.82) is 0 Å². The normalized spacial score (nSPS) is 10.2. The second kappa shape index (κ2) is 5.29. The zero-order valence-electron chi connectivity index (χ0n) is 9.57. The fourth-order valence-corrected chi connectivity index (χ4v) is 2.49. The van der Waals surface area contributed by atoms with Crippen LogP contribution in [0.15, 0.2) is 36.4 Å². The van der Waals surface area contributed by atoms with Crippen molar-refractivity contribution in [2.75, 3.05) is 5.32 Å². The Kier molecular flexibility index (Phi) is 3.76. The molecule has 1 aromatic carbocycles. The SMILES string of the molecule is Cc1ccc(CNc2ccc(C(N)=S)cc2)s1. The lowest BCUT2D eigenvalue weighted by molar-refractivity contribution is 1.19. The van der Waals surface area contributed by atoms with Gasteiger partial charge in [0.1, 0.15) is 4.99 Å². The summed E-state index contributed by atoms with van der Waals surface area (Å²) in [5.74, 6) is 0. The first kappa shape index (κ1) is 12.1. The molecule has 0 saturated heterocycles. The molecule has 17 heavy (non-hydrogen) atoms. The summed E-state index contributed by atoms with van der Waals surface area (Å²) < 4.78 is 0. The van der Waals surface area contributed by atoms with E-state index in [9.17, 15) is 0 Å². The third-order valence-electron chi connectivity index (χ3n) is 2.43. The average molecular weight is 262 g/mol. The summed E-state index contributed by atoms with van der Waals surface area (Å²) in [4.78, 5) is 3.11. The van der Waals surface area contributed by atoms with E-state index in [1.165, 1.54) is 9.75 Å². The summed E-state index contributed by atoms with van der Waals surface area (Å²) in [6.07, 6.45) is 0. The third-order valence-corrected chi connectivity index (χ3v) is 3.67. The molecule has 0 saturated carbocycles. The predicted octanol–water partition coefficient (Wildman–Crippen LogP) is 3.30. The number of hydrogen-bond donors (Lipinski definition) is 2. The molecule has 0 radical (unpaired) electrons. The van der Waals surface area contributed by atoms with Gasteiger partial charge in [-0.15, -0.1) is 11.3 Å². The molecule has 4 heteroatoms. The van der Waals surface area contributed by atoms with Gasteiger partial charge in [-0.25, -0.2) is 0 Å². The number of nitrogens with two attached hydrogens (primary N) is 1. The van der Waals surface area contributed by atoms with E-state index < -0.39 is 0 Å². The summed E-state index contributed by atoms with van der Waals surface area (Å²) in [7, 11) is 0. The Hall–Kier alpha value is -1.39. The Labute approximate surface area is 110 Å². The van der Waals surface area contributed by atoms with E-state index >= 15 is 0 Å². The fraction of sp³-hybridized carbons (Fsp3) is 0.154. The molecule has 88 valence electrons. The highest BCUT2D eigenvalue weighted by Gasteiger charge is 1.98. The summed E-state index contributed by atoms with van der Waals surface area (Å²) in [5.41, 5.74) is 7.52. The van der Waals surface area contributed by atoms with Gasteiger partial charge in [-0.05, 0) is 43.3 Å². The second-order valence-electron chi connectivity index (χ2n) is 3.81. The maximum atomic E-state index is 5.54. The number of thiophene rings is 1. The topological polar surface area (TPSA) is 38.0 Å². The molecule has 2 rings (SSSR count). The number of nitrogens with one attached hydrogen (secondary N) is 1. The van der Waals surface area contributed by atoms with Gasteiger partial charge in [0.15, 0.2) is 0 Å². The average Bonchev–Trinajstić information content (AvgIpc) is 2.73. The van der Waals surface area contributed by atoms with Crippen molar-refractivity contribution in [2.24, 2.45) is 5.73 Å². The molecule has 0 bridgehead atoms. The van der Waals surface area contributed by atoms with Crippen molar-refractivity contribution in [3.63, 3.8) is 0 Å². The van der Waals surface area contributed by atoms with Crippen molar-refractivity contribution in [3.05, 3.63) is 51.7 Å². The van der Waals surface area contributed by atoms with Crippen molar-refractivity contribution >= 4 is 34.2 Å². The molecule has 0 amide bonds. The second-order valence-corrected chi connectivity index (χ2v) is 5.62. The van der Waals surface area contributed by atoms with Crippen molar-refractivity contribution in [3.8, 4) is 0 Å². The van der Waals surface area contributed by atoms with Gasteiger partial charge in [0.05, 0.1) is 0 Å². The van der Waals surface area contributed by atoms with Gasteiger partial charge in [-0.1, -0.05) is 12.2 Å². The smallest absolute Gasteiger partial charge is 0.103 e. The lowest BCUT2D eigenvalue weighted by Gasteiger charge is -2.05. The molecule has 1 aromatic heterocycles. The van der Waals surface area contributed by atoms with Gasteiger partial charge >= 0.3 is 0 Å². The van der Waals surface area contributed by atoms with Crippen LogP contribution in [0.2, 0.25) is 0 Å². The van der Waals surface area contributed by atoms with Crippen LogP contribution in [0.5, 0.6) is 0 Å². The fourth-order valence-electron chi connectivity index (χ4n) is 1.52. The highest BCUT2D eigenvalue weighted by Crippen LogP contribution is 2.17. The molecule has 0 aliphatic rings. The molecule has 1 heterocycles. The molecule has 2 aromatic rings. The first-order valence-corrected chi connectivity index (χ1v) is 6.56. The summed E-state index contributed by atoms with van der Waals surface area (Å²) >= 11 is 6.72. The molecule has 0 spiro atoms. The van der Waals surface area contributed by atoms with E-state index in [1.54, 1.807) is 0 Å². The predicted molar refractivity (Wildman–Crippen MR) is 78.7 cm³/mol. The number of aryl methyl sites for hydroxylation is 1. The summed E-state index contributed by atoms with van der Waals surface area (Å²) in [6.45, 7) is 2.97. The van der Waals surface area contributed by atoms with Gasteiger partial charge in [0.2, 0.25) is 0 Å². The maximum Gasteiger partial charge on any atom is 0.103 e. The highest BCUT2D eigenvalue weighted by molar-refractivity contribution is 7.80. The van der Waals surface area contributed by atoms with Crippen LogP contribution in [0, 0.1) is 6.92 Å². The van der Waals surface area contributed by atoms with Gasteiger partial charge < -0.3 is 11.1 Å². The van der Waals surface area contributed by atoms with Crippen LogP contribution in [0.4, 0.5) is 5.69 Å². The highest BCUT2D eigenvalue weighted by atomic mass is 32.1. The molecular formula is C13H14N2S2. The molecule has 0 aliphatic carbocycles. The quantitative estimate of drug-likeness (QED) is 0.830. The van der Waals surface area contributed by atoms with Gasteiger partial charge in [-0.2, -0.15) is 0 Å². The van der Waals surface area contributed by atoms with E-state index in [1.807, 2.05) is 35.6 Å². The molecule has 0 atom stereocenters. The molecule has 0 fully saturated rings. The maximum absolute atomic E-state index is 5.54. The van der Waals surface area contributed by atoms with Crippen molar-refractivity contribution < 1.29 is 0 Å². The van der Waals surface area contributed by atoms with Gasteiger partial charge in [0, 0.05) is 27.5 Å². The molecule has 0 unspecified atom stereocenters. The summed E-state index contributed by atoms with van der Waals surface area (Å²) in [5, 5.41) is 3.37. The van der Waals surface area contributed by atoms with Crippen LogP contribution < -0.4 is 11.1 Å². The first-order valence-electron chi connectivity index (χ1n) is 5.34. The van der Waals surface area contributed by atoms with Crippen molar-refractivity contribution in [2.45, 2.75) is 13.5 Å². The lowest BCUT2D eigenvalue weighted by Crippen LogP contribution is -2.09. The van der Waals surface area contributed by atoms with Crippen LogP contribution in [0.1, 0.15) is 15.3 Å². The third kappa shape index (κ3) is 3.28. The minimum atomic E-state index is 0.436. The lowest BCUT2D eigenvalue weighted by atomic mass is 10.2. The van der Waals surface area contributed by atoms with E-state index in [0.29, 0.717) is 4.99 Å². The Morgan fingerprint density at radius 1 is 1.24 bits per heavy atom. The number of rotatable bonds is 4. The monoisotopic (exact) mass is 262 g/mol. The molecule has 3 N–H and O–H groups in total. The Bertz CT molecular complexity index is 514. The minimum absolute atomic E-state index is 0.436.